The van der Waals surface area contributed by atoms with Crippen LogP contribution in [-0.4, -0.2) is 23.1 Å². The van der Waals surface area contributed by atoms with E-state index in [1.54, 1.807) is 12.1 Å². The van der Waals surface area contributed by atoms with E-state index < -0.39 is 0 Å². The lowest BCUT2D eigenvalue weighted by Gasteiger charge is -2.31. The second kappa shape index (κ2) is 4.93. The number of benzene rings is 2. The van der Waals surface area contributed by atoms with Crippen molar-refractivity contribution >= 4 is 10.9 Å². The first-order valence-electron chi connectivity index (χ1n) is 8.67. The number of fused-ring (bicyclic) bond motifs is 3. The summed E-state index contributed by atoms with van der Waals surface area (Å²) in [5.74, 6) is 0.781. The summed E-state index contributed by atoms with van der Waals surface area (Å²) in [4.78, 5) is 2.43. The molecule has 1 aromatic heterocycles. The number of halogens is 1. The Morgan fingerprint density at radius 2 is 1.79 bits per heavy atom. The van der Waals surface area contributed by atoms with Gasteiger partial charge in [-0.1, -0.05) is 23.8 Å². The minimum Gasteiger partial charge on any atom is -0.343 e. The quantitative estimate of drug-likeness (QED) is 0.644. The molecule has 2 unspecified atom stereocenters. The highest BCUT2D eigenvalue weighted by molar-refractivity contribution is 5.87. The van der Waals surface area contributed by atoms with Crippen molar-refractivity contribution in [2.45, 2.75) is 31.8 Å². The fourth-order valence-corrected chi connectivity index (χ4v) is 4.79. The van der Waals surface area contributed by atoms with Crippen molar-refractivity contribution in [1.29, 1.82) is 0 Å². The van der Waals surface area contributed by atoms with E-state index in [1.165, 1.54) is 33.3 Å². The van der Waals surface area contributed by atoms with Crippen molar-refractivity contribution in [3.05, 3.63) is 70.7 Å². The third-order valence-electron chi connectivity index (χ3n) is 5.82. The molecule has 3 aromatic rings. The number of hydrogen-bond acceptors (Lipinski definition) is 1. The molecule has 2 nitrogen and oxygen atoms in total. The van der Waals surface area contributed by atoms with Crippen LogP contribution >= 0.6 is 0 Å². The molecule has 0 amide bonds. The molecule has 2 aliphatic heterocycles. The summed E-state index contributed by atoms with van der Waals surface area (Å²) in [6, 6.07) is 13.9. The van der Waals surface area contributed by atoms with E-state index in [1.807, 2.05) is 12.1 Å². The normalized spacial score (nSPS) is 23.0. The molecule has 2 aliphatic rings. The Morgan fingerprint density at radius 1 is 1.00 bits per heavy atom. The molecular weight excluding hydrogens is 299 g/mol. The van der Waals surface area contributed by atoms with E-state index in [-0.39, 0.29) is 5.82 Å². The number of rotatable bonds is 1. The van der Waals surface area contributed by atoms with Crippen LogP contribution in [-0.2, 0) is 13.1 Å². The molecule has 2 atom stereocenters. The van der Waals surface area contributed by atoms with Crippen LogP contribution < -0.4 is 0 Å². The van der Waals surface area contributed by atoms with Crippen molar-refractivity contribution in [3.63, 3.8) is 0 Å². The van der Waals surface area contributed by atoms with Gasteiger partial charge in [-0.2, -0.15) is 0 Å². The van der Waals surface area contributed by atoms with Gasteiger partial charge in [0.1, 0.15) is 5.82 Å². The topological polar surface area (TPSA) is 8.17 Å². The van der Waals surface area contributed by atoms with Crippen LogP contribution in [0.4, 0.5) is 4.39 Å². The van der Waals surface area contributed by atoms with E-state index in [9.17, 15) is 4.39 Å². The summed E-state index contributed by atoms with van der Waals surface area (Å²) in [7, 11) is 2.21. The van der Waals surface area contributed by atoms with E-state index >= 15 is 0 Å². The molecule has 0 spiro atoms. The Morgan fingerprint density at radius 3 is 2.58 bits per heavy atom. The summed E-state index contributed by atoms with van der Waals surface area (Å²) in [6.07, 6.45) is 0. The first-order chi connectivity index (χ1) is 11.6. The van der Waals surface area contributed by atoms with Crippen molar-refractivity contribution in [1.82, 2.24) is 9.47 Å². The van der Waals surface area contributed by atoms with Crippen molar-refractivity contribution in [2.24, 2.45) is 0 Å². The molecule has 3 heterocycles. The highest BCUT2D eigenvalue weighted by Gasteiger charge is 2.40. The highest BCUT2D eigenvalue weighted by Crippen LogP contribution is 2.48. The van der Waals surface area contributed by atoms with Crippen LogP contribution in [0.3, 0.4) is 0 Å². The number of hydrogen-bond donors (Lipinski definition) is 0. The maximum atomic E-state index is 13.3. The van der Waals surface area contributed by atoms with Gasteiger partial charge in [-0.25, -0.2) is 4.39 Å². The van der Waals surface area contributed by atoms with Gasteiger partial charge in [-0.3, -0.25) is 0 Å². The van der Waals surface area contributed by atoms with Crippen molar-refractivity contribution in [2.75, 3.05) is 13.6 Å². The molecule has 0 radical (unpaired) electrons. The molecule has 3 heteroatoms. The standard InChI is InChI=1S/C21H21FN2/c1-13-3-8-20-16(9-13)18-10-23(2)11-19-17(12-24(20)21(18)19)14-4-6-15(22)7-5-14/h3-9,17,19H,10-12H2,1-2H3. The number of likely N-dealkylation sites (N-methyl/N-ethyl adjacent to an activating group) is 1. The molecule has 0 fully saturated rings. The molecule has 0 saturated heterocycles. The van der Waals surface area contributed by atoms with Gasteiger partial charge in [-0.15, -0.1) is 0 Å². The van der Waals surface area contributed by atoms with Crippen LogP contribution in [0.1, 0.15) is 34.2 Å². The molecular formula is C21H21FN2. The molecule has 24 heavy (non-hydrogen) atoms. The lowest BCUT2D eigenvalue weighted by Crippen LogP contribution is -2.31. The van der Waals surface area contributed by atoms with Crippen LogP contribution in [0.2, 0.25) is 0 Å². The first kappa shape index (κ1) is 14.2. The average molecular weight is 320 g/mol. The molecule has 2 aromatic carbocycles. The molecule has 5 rings (SSSR count). The monoisotopic (exact) mass is 320 g/mol. The Bertz CT molecular complexity index is 939. The Labute approximate surface area is 141 Å². The second-order valence-corrected chi connectivity index (χ2v) is 7.46. The summed E-state index contributed by atoms with van der Waals surface area (Å²) < 4.78 is 15.8. The molecule has 0 aliphatic carbocycles. The largest absolute Gasteiger partial charge is 0.343 e. The SMILES string of the molecule is Cc1ccc2c(c1)c1c3n2CC(c2ccc(F)cc2)C3CN(C)C1. The van der Waals surface area contributed by atoms with E-state index in [2.05, 4.69) is 41.6 Å². The fourth-order valence-electron chi connectivity index (χ4n) is 4.79. The lowest BCUT2D eigenvalue weighted by atomic mass is 9.82. The van der Waals surface area contributed by atoms with Gasteiger partial charge in [0.15, 0.2) is 0 Å². The van der Waals surface area contributed by atoms with Crippen LogP contribution in [0.5, 0.6) is 0 Å². The van der Waals surface area contributed by atoms with Gasteiger partial charge >= 0.3 is 0 Å². The second-order valence-electron chi connectivity index (χ2n) is 7.46. The van der Waals surface area contributed by atoms with E-state index in [4.69, 9.17) is 0 Å². The zero-order chi connectivity index (χ0) is 16.4. The highest BCUT2D eigenvalue weighted by atomic mass is 19.1. The maximum absolute atomic E-state index is 13.3. The van der Waals surface area contributed by atoms with Crippen molar-refractivity contribution in [3.8, 4) is 0 Å². The predicted molar refractivity (Wildman–Crippen MR) is 94.9 cm³/mol. The van der Waals surface area contributed by atoms with Crippen molar-refractivity contribution < 1.29 is 4.39 Å². The summed E-state index contributed by atoms with van der Waals surface area (Å²) >= 11 is 0. The van der Waals surface area contributed by atoms with E-state index in [0.29, 0.717) is 11.8 Å². The smallest absolute Gasteiger partial charge is 0.123 e. The zero-order valence-electron chi connectivity index (χ0n) is 14.1. The first-order valence-corrected chi connectivity index (χ1v) is 8.67. The van der Waals surface area contributed by atoms with Gasteiger partial charge in [-0.05, 0) is 49.4 Å². The van der Waals surface area contributed by atoms with Gasteiger partial charge in [0.2, 0.25) is 0 Å². The Balaban J connectivity index is 1.70. The summed E-state index contributed by atoms with van der Waals surface area (Å²) in [6.45, 7) is 5.26. The summed E-state index contributed by atoms with van der Waals surface area (Å²) in [5, 5.41) is 1.42. The Hall–Kier alpha value is -2.13. The zero-order valence-corrected chi connectivity index (χ0v) is 14.1. The lowest BCUT2D eigenvalue weighted by molar-refractivity contribution is 0.273. The van der Waals surface area contributed by atoms with Gasteiger partial charge in [0, 0.05) is 48.1 Å². The van der Waals surface area contributed by atoms with Gasteiger partial charge in [0.05, 0.1) is 0 Å². The number of aryl methyl sites for hydroxylation is 1. The average Bonchev–Trinajstić information content (AvgIpc) is 3.07. The van der Waals surface area contributed by atoms with Gasteiger partial charge in [0.25, 0.3) is 0 Å². The van der Waals surface area contributed by atoms with Crippen LogP contribution in [0.15, 0.2) is 42.5 Å². The van der Waals surface area contributed by atoms with Crippen LogP contribution in [0, 0.1) is 12.7 Å². The maximum Gasteiger partial charge on any atom is 0.123 e. The minimum atomic E-state index is -0.154. The molecule has 122 valence electrons. The van der Waals surface area contributed by atoms with E-state index in [0.717, 1.165) is 19.6 Å². The fraction of sp³-hybridized carbons (Fsp3) is 0.333. The number of nitrogens with zero attached hydrogens (tertiary/aromatic N) is 2. The third-order valence-corrected chi connectivity index (χ3v) is 5.82. The number of aromatic nitrogens is 1. The summed E-state index contributed by atoms with van der Waals surface area (Å²) in [5.41, 5.74) is 6.95. The Kier molecular flexibility index (Phi) is 2.93. The molecule has 0 saturated carbocycles. The predicted octanol–water partition coefficient (Wildman–Crippen LogP) is 4.42. The molecule has 0 bridgehead atoms. The van der Waals surface area contributed by atoms with Crippen LogP contribution in [0.25, 0.3) is 10.9 Å². The minimum absolute atomic E-state index is 0.154. The molecule has 0 N–H and O–H groups in total. The third kappa shape index (κ3) is 1.91. The van der Waals surface area contributed by atoms with Gasteiger partial charge < -0.3 is 9.47 Å².